The molecule has 1 saturated heterocycles. The standard InChI is InChI=1S/C11H19N6O13P3/c1-13-8-5-9(16-11(12)15-8)17(3-14-5)10-7(19)6(18)4(28-10)2-27-32(23,24)30-33(25,26)29-31(20,21)22/h3-4,6-7,10,18-19H,2H2,1H3,(H,23,24)(H,25,26)(H2,20,21,22)(H3,12,13,15,16)/p-1/t4-,6+,7?,10-/m1/s1. The summed E-state index contributed by atoms with van der Waals surface area (Å²) in [4.78, 5) is 49.6. The quantitative estimate of drug-likeness (QED) is 0.167. The molecule has 0 bridgehead atoms. The van der Waals surface area contributed by atoms with Crippen LogP contribution in [0.4, 0.5) is 11.8 Å². The van der Waals surface area contributed by atoms with Crippen molar-refractivity contribution in [3.63, 3.8) is 0 Å². The first-order chi connectivity index (χ1) is 15.1. The van der Waals surface area contributed by atoms with Crippen molar-refractivity contribution >= 4 is 46.4 Å². The summed E-state index contributed by atoms with van der Waals surface area (Å²) >= 11 is 0. The van der Waals surface area contributed by atoms with Gasteiger partial charge in [-0.1, -0.05) is 0 Å². The number of phosphoric ester groups is 1. The molecular formula is C11H18N6O13P3-. The van der Waals surface area contributed by atoms with E-state index in [2.05, 4.69) is 33.4 Å². The summed E-state index contributed by atoms with van der Waals surface area (Å²) in [6, 6.07) is 0. The summed E-state index contributed by atoms with van der Waals surface area (Å²) in [7, 11) is -15.5. The molecule has 8 N–H and O–H groups in total. The summed E-state index contributed by atoms with van der Waals surface area (Å²) in [5, 5.41) is 23.3. The van der Waals surface area contributed by atoms with Crippen LogP contribution in [0.25, 0.3) is 11.2 Å². The topological polar surface area (TPSA) is 294 Å². The van der Waals surface area contributed by atoms with Gasteiger partial charge in [0.1, 0.15) is 18.3 Å². The first-order valence-electron chi connectivity index (χ1n) is 8.58. The Labute approximate surface area is 183 Å². The molecule has 0 aromatic carbocycles. The molecule has 0 radical (unpaired) electrons. The smallest absolute Gasteiger partial charge is 0.487 e. The van der Waals surface area contributed by atoms with Crippen LogP contribution in [0.1, 0.15) is 6.23 Å². The zero-order chi connectivity index (χ0) is 24.8. The highest BCUT2D eigenvalue weighted by Gasteiger charge is 2.46. The van der Waals surface area contributed by atoms with Crippen LogP contribution >= 0.6 is 23.5 Å². The number of ether oxygens (including phenoxy) is 1. The van der Waals surface area contributed by atoms with Crippen LogP contribution in [0.3, 0.4) is 0 Å². The van der Waals surface area contributed by atoms with Crippen LogP contribution in [0, 0.1) is 0 Å². The van der Waals surface area contributed by atoms with Crippen molar-refractivity contribution < 1.29 is 61.4 Å². The Bertz CT molecular complexity index is 1170. The summed E-state index contributed by atoms with van der Waals surface area (Å²) in [5.74, 6) is 0.129. The lowest BCUT2D eigenvalue weighted by Gasteiger charge is -2.21. The van der Waals surface area contributed by atoms with Gasteiger partial charge in [0.15, 0.2) is 23.2 Å². The molecule has 0 amide bonds. The Morgan fingerprint density at radius 2 is 1.85 bits per heavy atom. The van der Waals surface area contributed by atoms with Crippen LogP contribution in [-0.2, 0) is 31.6 Å². The highest BCUT2D eigenvalue weighted by Crippen LogP contribution is 2.65. The predicted molar refractivity (Wildman–Crippen MR) is 103 cm³/mol. The third-order valence-electron chi connectivity index (χ3n) is 4.10. The van der Waals surface area contributed by atoms with Gasteiger partial charge in [-0.2, -0.15) is 14.3 Å². The molecule has 2 aromatic heterocycles. The highest BCUT2D eigenvalue weighted by atomic mass is 31.3. The first-order valence-corrected chi connectivity index (χ1v) is 13.1. The molecule has 0 spiro atoms. The Morgan fingerprint density at radius 1 is 1.18 bits per heavy atom. The fourth-order valence-corrected chi connectivity index (χ4v) is 5.86. The zero-order valence-corrected chi connectivity index (χ0v) is 19.0. The molecule has 7 atom stereocenters. The number of nitrogens with two attached hydrogens (primary N) is 1. The van der Waals surface area contributed by atoms with Crippen molar-refractivity contribution in [2.75, 3.05) is 24.7 Å². The number of phosphoric acid groups is 3. The van der Waals surface area contributed by atoms with Crippen LogP contribution < -0.4 is 15.9 Å². The summed E-state index contributed by atoms with van der Waals surface area (Å²) < 4.78 is 51.8. The molecule has 4 unspecified atom stereocenters. The Balaban J connectivity index is 1.73. The van der Waals surface area contributed by atoms with Crippen molar-refractivity contribution in [2.45, 2.75) is 24.5 Å². The fourth-order valence-electron chi connectivity index (χ4n) is 2.86. The second-order valence-electron chi connectivity index (χ2n) is 6.42. The van der Waals surface area contributed by atoms with Gasteiger partial charge >= 0.3 is 15.6 Å². The molecule has 1 aliphatic rings. The molecule has 0 aliphatic carbocycles. The second kappa shape index (κ2) is 9.24. The van der Waals surface area contributed by atoms with Crippen LogP contribution in [0.5, 0.6) is 0 Å². The minimum absolute atomic E-state index is 0.116. The van der Waals surface area contributed by atoms with Crippen molar-refractivity contribution in [1.82, 2.24) is 19.5 Å². The maximum Gasteiger partial charge on any atom is 0.487 e. The average molecular weight is 535 g/mol. The van der Waals surface area contributed by atoms with Gasteiger partial charge < -0.3 is 45.6 Å². The van der Waals surface area contributed by atoms with Crippen molar-refractivity contribution in [1.29, 1.82) is 0 Å². The molecule has 2 aromatic rings. The van der Waals surface area contributed by atoms with Crippen molar-refractivity contribution in [3.8, 4) is 0 Å². The van der Waals surface area contributed by atoms with Crippen LogP contribution in [-0.4, -0.2) is 76.4 Å². The predicted octanol–water partition coefficient (Wildman–Crippen LogP) is -2.22. The monoisotopic (exact) mass is 535 g/mol. The van der Waals surface area contributed by atoms with Gasteiger partial charge in [-0.3, -0.25) is 13.7 Å². The van der Waals surface area contributed by atoms with E-state index >= 15 is 0 Å². The van der Waals surface area contributed by atoms with Crippen molar-refractivity contribution in [3.05, 3.63) is 6.33 Å². The number of aliphatic hydroxyl groups is 2. The third kappa shape index (κ3) is 6.12. The molecule has 1 aliphatic heterocycles. The molecule has 3 rings (SSSR count). The van der Waals surface area contributed by atoms with E-state index in [1.165, 1.54) is 10.9 Å². The van der Waals surface area contributed by atoms with E-state index in [1.807, 2.05) is 0 Å². The summed E-state index contributed by atoms with van der Waals surface area (Å²) in [6.45, 7) is -0.984. The largest absolute Gasteiger partial charge is 0.756 e. The highest BCUT2D eigenvalue weighted by molar-refractivity contribution is 7.66. The number of nitrogen functional groups attached to an aromatic ring is 1. The van der Waals surface area contributed by atoms with Gasteiger partial charge in [-0.25, -0.2) is 18.4 Å². The van der Waals surface area contributed by atoms with E-state index < -0.39 is 54.6 Å². The van der Waals surface area contributed by atoms with E-state index in [9.17, 15) is 33.7 Å². The summed E-state index contributed by atoms with van der Waals surface area (Å²) in [5.41, 5.74) is 6.01. The number of rotatable bonds is 9. The van der Waals surface area contributed by atoms with E-state index in [0.29, 0.717) is 0 Å². The van der Waals surface area contributed by atoms with Crippen LogP contribution in [0.15, 0.2) is 6.33 Å². The fraction of sp³-hybridized carbons (Fsp3) is 0.545. The Hall–Kier alpha value is -1.56. The maximum absolute atomic E-state index is 11.8. The third-order valence-corrected chi connectivity index (χ3v) is 7.88. The molecule has 1 fully saturated rings. The SMILES string of the molecule is CNc1nc(N)nc2c1ncn2[C@@H]1O[C@H](COP(=O)(O)OP(=O)(O)OP(=O)([O-])O)[C@H](O)C1O. The minimum Gasteiger partial charge on any atom is -0.756 e. The Morgan fingerprint density at radius 3 is 2.45 bits per heavy atom. The number of aliphatic hydroxyl groups excluding tert-OH is 2. The molecular weight excluding hydrogens is 517 g/mol. The number of hydrogen-bond donors (Lipinski definition) is 7. The molecule has 33 heavy (non-hydrogen) atoms. The number of imidazole rings is 1. The van der Waals surface area contributed by atoms with Gasteiger partial charge in [-0.15, -0.1) is 0 Å². The number of aromatic nitrogens is 4. The molecule has 22 heteroatoms. The van der Waals surface area contributed by atoms with E-state index in [0.717, 1.165) is 0 Å². The lowest BCUT2D eigenvalue weighted by Crippen LogP contribution is -2.33. The maximum atomic E-state index is 11.8. The van der Waals surface area contributed by atoms with E-state index in [4.69, 9.17) is 20.3 Å². The first kappa shape index (κ1) is 26.1. The number of nitrogens with one attached hydrogen (secondary N) is 1. The molecule has 19 nitrogen and oxygen atoms in total. The number of anilines is 2. The number of fused-ring (bicyclic) bond motifs is 1. The molecule has 186 valence electrons. The van der Waals surface area contributed by atoms with Gasteiger partial charge in [-0.05, 0) is 0 Å². The van der Waals surface area contributed by atoms with Gasteiger partial charge in [0.25, 0.3) is 7.82 Å². The van der Waals surface area contributed by atoms with Gasteiger partial charge in [0.05, 0.1) is 12.9 Å². The van der Waals surface area contributed by atoms with E-state index in [1.54, 1.807) is 7.05 Å². The van der Waals surface area contributed by atoms with Crippen LogP contribution in [0.2, 0.25) is 0 Å². The zero-order valence-electron chi connectivity index (χ0n) is 16.3. The van der Waals surface area contributed by atoms with Gasteiger partial charge in [0.2, 0.25) is 5.95 Å². The lowest BCUT2D eigenvalue weighted by atomic mass is 10.1. The second-order valence-corrected chi connectivity index (χ2v) is 10.8. The number of nitrogens with zero attached hydrogens (tertiary/aromatic N) is 4. The number of hydrogen-bond acceptors (Lipinski definition) is 15. The average Bonchev–Trinajstić information content (AvgIpc) is 3.18. The minimum atomic E-state index is -5.80. The van der Waals surface area contributed by atoms with Crippen molar-refractivity contribution in [2.24, 2.45) is 0 Å². The summed E-state index contributed by atoms with van der Waals surface area (Å²) in [6.07, 6.45) is -4.94. The normalized spacial score (nSPS) is 28.8. The molecule has 0 saturated carbocycles. The van der Waals surface area contributed by atoms with E-state index in [-0.39, 0.29) is 22.9 Å². The Kier molecular flexibility index (Phi) is 7.29. The van der Waals surface area contributed by atoms with Gasteiger partial charge in [0, 0.05) is 7.05 Å². The lowest BCUT2D eigenvalue weighted by molar-refractivity contribution is -0.212. The molecule has 3 heterocycles.